The van der Waals surface area contributed by atoms with Gasteiger partial charge in [-0.1, -0.05) is 22.9 Å². The number of esters is 1. The SMILES string of the molecule is CCOC(=O)/C(=N\OC)c1csc(N)n1.Cc1ccc(S(=O)(=O)O)cc1. The number of oxime groups is 1. The number of carbonyl (C=O) groups is 1. The minimum absolute atomic E-state index is 0.0206. The van der Waals surface area contributed by atoms with Crippen molar-refractivity contribution in [3.8, 4) is 0 Å². The largest absolute Gasteiger partial charge is 0.461 e. The molecule has 0 saturated carbocycles. The van der Waals surface area contributed by atoms with E-state index in [1.165, 1.54) is 30.6 Å². The third-order valence-electron chi connectivity index (χ3n) is 2.73. The molecule has 142 valence electrons. The van der Waals surface area contributed by atoms with Crippen LogP contribution in [-0.4, -0.2) is 43.4 Å². The molecule has 0 radical (unpaired) electrons. The summed E-state index contributed by atoms with van der Waals surface area (Å²) in [6.45, 7) is 3.81. The van der Waals surface area contributed by atoms with Gasteiger partial charge in [0.05, 0.1) is 11.5 Å². The second kappa shape index (κ2) is 9.85. The zero-order valence-corrected chi connectivity index (χ0v) is 16.0. The number of thiazole rings is 1. The van der Waals surface area contributed by atoms with Gasteiger partial charge in [0, 0.05) is 5.38 Å². The summed E-state index contributed by atoms with van der Waals surface area (Å²) in [6, 6.07) is 5.99. The smallest absolute Gasteiger partial charge is 0.362 e. The first-order chi connectivity index (χ1) is 12.2. The van der Waals surface area contributed by atoms with E-state index < -0.39 is 16.1 Å². The fourth-order valence-electron chi connectivity index (χ4n) is 1.59. The highest BCUT2D eigenvalue weighted by Gasteiger charge is 2.19. The Morgan fingerprint density at radius 3 is 2.38 bits per heavy atom. The normalized spacial score (nSPS) is 11.3. The molecule has 0 fully saturated rings. The standard InChI is InChI=1S/C8H11N3O3S.C7H8O3S/c1-3-14-7(12)6(11-13-2)5-4-15-8(9)10-5;1-6-2-4-7(5-3-6)11(8,9)10/h4H,3H2,1-2H3,(H2,9,10);2-5H,1H3,(H,8,9,10)/b11-6-;. The lowest BCUT2D eigenvalue weighted by atomic mass is 10.2. The number of rotatable bonds is 5. The molecule has 0 amide bonds. The summed E-state index contributed by atoms with van der Waals surface area (Å²) in [5.41, 5.74) is 6.78. The van der Waals surface area contributed by atoms with Crippen molar-refractivity contribution in [2.24, 2.45) is 5.16 Å². The van der Waals surface area contributed by atoms with Gasteiger partial charge in [-0.2, -0.15) is 8.42 Å². The zero-order chi connectivity index (χ0) is 19.7. The topological polar surface area (TPSA) is 141 Å². The molecule has 1 heterocycles. The third-order valence-corrected chi connectivity index (χ3v) is 4.28. The lowest BCUT2D eigenvalue weighted by Gasteiger charge is -2.01. The molecule has 0 spiro atoms. The van der Waals surface area contributed by atoms with E-state index in [0.717, 1.165) is 5.56 Å². The van der Waals surface area contributed by atoms with Crippen LogP contribution < -0.4 is 5.73 Å². The Bertz CT molecular complexity index is 860. The second-order valence-electron chi connectivity index (χ2n) is 4.70. The van der Waals surface area contributed by atoms with E-state index in [4.69, 9.17) is 15.0 Å². The third kappa shape index (κ3) is 6.78. The number of aromatic nitrogens is 1. The highest BCUT2D eigenvalue weighted by molar-refractivity contribution is 7.85. The first-order valence-corrected chi connectivity index (χ1v) is 9.54. The molecular weight excluding hydrogens is 382 g/mol. The molecule has 2 rings (SSSR count). The number of nitrogens with zero attached hydrogens (tertiary/aromatic N) is 2. The van der Waals surface area contributed by atoms with Crippen molar-refractivity contribution in [3.63, 3.8) is 0 Å². The Labute approximate surface area is 155 Å². The summed E-state index contributed by atoms with van der Waals surface area (Å²) in [4.78, 5) is 19.8. The maximum Gasteiger partial charge on any atom is 0.362 e. The minimum Gasteiger partial charge on any atom is -0.461 e. The lowest BCUT2D eigenvalue weighted by molar-refractivity contribution is -0.135. The number of nitrogens with two attached hydrogens (primary N) is 1. The highest BCUT2D eigenvalue weighted by Crippen LogP contribution is 2.13. The van der Waals surface area contributed by atoms with Crippen LogP contribution in [0.1, 0.15) is 18.2 Å². The van der Waals surface area contributed by atoms with Gasteiger partial charge in [-0.25, -0.2) is 9.78 Å². The van der Waals surface area contributed by atoms with Crippen molar-refractivity contribution in [3.05, 3.63) is 40.9 Å². The Balaban J connectivity index is 0.000000273. The summed E-state index contributed by atoms with van der Waals surface area (Å²) < 4.78 is 34.3. The molecule has 3 N–H and O–H groups in total. The van der Waals surface area contributed by atoms with E-state index >= 15 is 0 Å². The van der Waals surface area contributed by atoms with Crippen LogP contribution >= 0.6 is 11.3 Å². The van der Waals surface area contributed by atoms with E-state index in [9.17, 15) is 13.2 Å². The van der Waals surface area contributed by atoms with Gasteiger partial charge < -0.3 is 15.3 Å². The monoisotopic (exact) mass is 401 g/mol. The summed E-state index contributed by atoms with van der Waals surface area (Å²) >= 11 is 1.22. The molecule has 0 saturated heterocycles. The van der Waals surface area contributed by atoms with E-state index in [-0.39, 0.29) is 17.2 Å². The fraction of sp³-hybridized carbons (Fsp3) is 0.267. The molecule has 0 unspecified atom stereocenters. The van der Waals surface area contributed by atoms with Crippen molar-refractivity contribution in [1.82, 2.24) is 4.98 Å². The molecule has 0 aliphatic rings. The van der Waals surface area contributed by atoms with Crippen LogP contribution in [0.3, 0.4) is 0 Å². The first-order valence-electron chi connectivity index (χ1n) is 7.22. The van der Waals surface area contributed by atoms with Crippen LogP contribution in [0.25, 0.3) is 0 Å². The van der Waals surface area contributed by atoms with Crippen LogP contribution in [0.15, 0.2) is 39.7 Å². The molecule has 11 heteroatoms. The van der Waals surface area contributed by atoms with Crippen molar-refractivity contribution in [1.29, 1.82) is 0 Å². The molecule has 26 heavy (non-hydrogen) atoms. The average Bonchev–Trinajstić information content (AvgIpc) is 2.99. The van der Waals surface area contributed by atoms with E-state index in [0.29, 0.717) is 10.8 Å². The predicted octanol–water partition coefficient (Wildman–Crippen LogP) is 1.88. The highest BCUT2D eigenvalue weighted by atomic mass is 32.2. The van der Waals surface area contributed by atoms with Gasteiger partial charge >= 0.3 is 5.97 Å². The van der Waals surface area contributed by atoms with Crippen LogP contribution in [0.5, 0.6) is 0 Å². The number of anilines is 1. The molecule has 0 aliphatic heterocycles. The van der Waals surface area contributed by atoms with E-state index in [2.05, 4.69) is 15.0 Å². The van der Waals surface area contributed by atoms with Crippen molar-refractivity contribution in [2.45, 2.75) is 18.7 Å². The Morgan fingerprint density at radius 1 is 1.35 bits per heavy atom. The maximum absolute atomic E-state index is 11.4. The van der Waals surface area contributed by atoms with Gasteiger partial charge in [0.25, 0.3) is 10.1 Å². The first kappa shape index (κ1) is 21.5. The van der Waals surface area contributed by atoms with Crippen LogP contribution in [0, 0.1) is 6.92 Å². The molecular formula is C15H19N3O6S2. The Kier molecular flexibility index (Phi) is 8.16. The van der Waals surface area contributed by atoms with Gasteiger partial charge in [0.2, 0.25) is 5.71 Å². The zero-order valence-electron chi connectivity index (χ0n) is 14.4. The van der Waals surface area contributed by atoms with Gasteiger partial charge in [-0.15, -0.1) is 11.3 Å². The number of ether oxygens (including phenoxy) is 1. The fourth-order valence-corrected chi connectivity index (χ4v) is 2.61. The van der Waals surface area contributed by atoms with Gasteiger partial charge in [-0.3, -0.25) is 4.55 Å². The molecule has 9 nitrogen and oxygen atoms in total. The Morgan fingerprint density at radius 2 is 1.96 bits per heavy atom. The van der Waals surface area contributed by atoms with Crippen LogP contribution in [-0.2, 0) is 24.5 Å². The van der Waals surface area contributed by atoms with E-state index in [1.807, 2.05) is 6.92 Å². The minimum atomic E-state index is -4.02. The van der Waals surface area contributed by atoms with E-state index in [1.54, 1.807) is 24.4 Å². The van der Waals surface area contributed by atoms with Crippen LogP contribution in [0.2, 0.25) is 0 Å². The second-order valence-corrected chi connectivity index (χ2v) is 7.01. The number of aryl methyl sites for hydroxylation is 1. The molecule has 2 aromatic rings. The number of hydrogen-bond donors (Lipinski definition) is 2. The molecule has 0 bridgehead atoms. The predicted molar refractivity (Wildman–Crippen MR) is 97.7 cm³/mol. The van der Waals surface area contributed by atoms with Crippen molar-refractivity contribution >= 4 is 38.3 Å². The average molecular weight is 401 g/mol. The Hall–Kier alpha value is -2.50. The summed E-state index contributed by atoms with van der Waals surface area (Å²) in [5, 5.41) is 5.53. The quantitative estimate of drug-likeness (QED) is 0.335. The molecule has 1 aromatic heterocycles. The number of nitrogen functional groups attached to an aromatic ring is 1. The maximum atomic E-state index is 11.4. The molecule has 1 aromatic carbocycles. The summed E-state index contributed by atoms with van der Waals surface area (Å²) in [5.74, 6) is -0.579. The number of benzene rings is 1. The number of hydrogen-bond acceptors (Lipinski definition) is 9. The number of carbonyl (C=O) groups excluding carboxylic acids is 1. The lowest BCUT2D eigenvalue weighted by Crippen LogP contribution is -2.19. The summed E-state index contributed by atoms with van der Waals surface area (Å²) in [6.07, 6.45) is 0. The van der Waals surface area contributed by atoms with Crippen molar-refractivity contribution in [2.75, 3.05) is 19.5 Å². The molecule has 0 atom stereocenters. The van der Waals surface area contributed by atoms with Crippen molar-refractivity contribution < 1.29 is 27.3 Å². The molecule has 0 aliphatic carbocycles. The van der Waals surface area contributed by atoms with Gasteiger partial charge in [0.1, 0.15) is 12.8 Å². The van der Waals surface area contributed by atoms with Crippen LogP contribution in [0.4, 0.5) is 5.13 Å². The summed E-state index contributed by atoms with van der Waals surface area (Å²) in [7, 11) is -2.68. The van der Waals surface area contributed by atoms with Gasteiger partial charge in [0.15, 0.2) is 5.13 Å². The van der Waals surface area contributed by atoms with Gasteiger partial charge in [-0.05, 0) is 26.0 Å².